The van der Waals surface area contributed by atoms with Crippen LogP contribution in [0.2, 0.25) is 0 Å². The molecule has 2 heterocycles. The van der Waals surface area contributed by atoms with Gasteiger partial charge >= 0.3 is 0 Å². The molecule has 152 valence electrons. The van der Waals surface area contributed by atoms with Gasteiger partial charge in [0, 0.05) is 5.33 Å². The molecule has 0 aliphatic carbocycles. The molecule has 1 aromatic rings. The molecule has 0 saturated carbocycles. The fraction of sp³-hybridized carbons (Fsp3) is 0.700. The summed E-state index contributed by atoms with van der Waals surface area (Å²) in [4.78, 5) is 0. The molecule has 0 radical (unpaired) electrons. The highest BCUT2D eigenvalue weighted by Crippen LogP contribution is 2.31. The lowest BCUT2D eigenvalue weighted by molar-refractivity contribution is -0.195. The lowest BCUT2D eigenvalue weighted by Crippen LogP contribution is -2.48. The van der Waals surface area contributed by atoms with E-state index in [1.54, 1.807) is 0 Å². The molecular formula is C20H29BrO6. The van der Waals surface area contributed by atoms with Crippen molar-refractivity contribution in [3.8, 4) is 0 Å². The summed E-state index contributed by atoms with van der Waals surface area (Å²) >= 11 is 3.51. The van der Waals surface area contributed by atoms with Crippen LogP contribution in [-0.2, 0) is 35.6 Å². The molecule has 27 heavy (non-hydrogen) atoms. The second-order valence-electron chi connectivity index (χ2n) is 7.90. The van der Waals surface area contributed by atoms with Gasteiger partial charge in [-0.3, -0.25) is 0 Å². The Morgan fingerprint density at radius 1 is 1.04 bits per heavy atom. The Morgan fingerprint density at radius 2 is 1.59 bits per heavy atom. The number of rotatable bonds is 7. The topological polar surface area (TPSA) is 66.4 Å². The van der Waals surface area contributed by atoms with Gasteiger partial charge in [0.1, 0.15) is 24.4 Å². The van der Waals surface area contributed by atoms with Gasteiger partial charge in [0.25, 0.3) is 0 Å². The minimum Gasteiger partial charge on any atom is -0.387 e. The lowest BCUT2D eigenvalue weighted by Gasteiger charge is -2.31. The van der Waals surface area contributed by atoms with E-state index >= 15 is 0 Å². The SMILES string of the molecule is CC1(C)OC[C@H]([C@@H](O)[C@@H](OCc2ccccc2CBr)[C@H]2COC(C)(C)O2)O1. The van der Waals surface area contributed by atoms with Crippen molar-refractivity contribution in [1.29, 1.82) is 0 Å². The Bertz CT molecular complexity index is 635. The van der Waals surface area contributed by atoms with Crippen LogP contribution in [0.4, 0.5) is 0 Å². The number of benzene rings is 1. The summed E-state index contributed by atoms with van der Waals surface area (Å²) < 4.78 is 29.3. The molecule has 1 aromatic carbocycles. The van der Waals surface area contributed by atoms with Crippen molar-refractivity contribution >= 4 is 15.9 Å². The predicted molar refractivity (Wildman–Crippen MR) is 103 cm³/mol. The van der Waals surface area contributed by atoms with Crippen LogP contribution in [0.25, 0.3) is 0 Å². The van der Waals surface area contributed by atoms with E-state index < -0.39 is 36.0 Å². The first-order valence-corrected chi connectivity index (χ1v) is 10.4. The summed E-state index contributed by atoms with van der Waals surface area (Å²) in [7, 11) is 0. The summed E-state index contributed by atoms with van der Waals surface area (Å²) in [5.74, 6) is -1.42. The van der Waals surface area contributed by atoms with E-state index in [9.17, 15) is 5.11 Å². The fourth-order valence-electron chi connectivity index (χ4n) is 3.41. The van der Waals surface area contributed by atoms with Gasteiger partial charge in [-0.1, -0.05) is 40.2 Å². The van der Waals surface area contributed by atoms with Gasteiger partial charge in [0.2, 0.25) is 0 Å². The van der Waals surface area contributed by atoms with Crippen molar-refractivity contribution < 1.29 is 28.8 Å². The van der Waals surface area contributed by atoms with Crippen LogP contribution < -0.4 is 0 Å². The highest BCUT2D eigenvalue weighted by molar-refractivity contribution is 9.08. The van der Waals surface area contributed by atoms with Gasteiger partial charge in [-0.05, 0) is 38.8 Å². The lowest BCUT2D eigenvalue weighted by atomic mass is 10.0. The summed E-state index contributed by atoms with van der Waals surface area (Å²) in [6, 6.07) is 8.04. The normalized spacial score (nSPS) is 29.0. The average molecular weight is 445 g/mol. The Hall–Kier alpha value is -0.540. The summed E-state index contributed by atoms with van der Waals surface area (Å²) in [5, 5.41) is 11.7. The predicted octanol–water partition coefficient (Wildman–Crippen LogP) is 3.13. The second-order valence-corrected chi connectivity index (χ2v) is 8.46. The summed E-state index contributed by atoms with van der Waals surface area (Å²) in [6.07, 6.45) is -2.37. The number of hydrogen-bond donors (Lipinski definition) is 1. The third-order valence-corrected chi connectivity index (χ3v) is 5.44. The Morgan fingerprint density at radius 3 is 2.11 bits per heavy atom. The Balaban J connectivity index is 1.73. The smallest absolute Gasteiger partial charge is 0.163 e. The van der Waals surface area contributed by atoms with E-state index in [-0.39, 0.29) is 0 Å². The van der Waals surface area contributed by atoms with Gasteiger partial charge in [0.15, 0.2) is 11.6 Å². The van der Waals surface area contributed by atoms with Crippen molar-refractivity contribution in [3.05, 3.63) is 35.4 Å². The highest BCUT2D eigenvalue weighted by Gasteiger charge is 2.46. The van der Waals surface area contributed by atoms with Crippen molar-refractivity contribution in [1.82, 2.24) is 0 Å². The maximum Gasteiger partial charge on any atom is 0.163 e. The first-order valence-electron chi connectivity index (χ1n) is 9.27. The Kier molecular flexibility index (Phi) is 6.63. The maximum atomic E-state index is 11.0. The molecular weight excluding hydrogens is 416 g/mol. The van der Waals surface area contributed by atoms with Gasteiger partial charge in [-0.2, -0.15) is 0 Å². The number of alkyl halides is 1. The molecule has 0 aromatic heterocycles. The molecule has 2 aliphatic heterocycles. The van der Waals surface area contributed by atoms with Crippen LogP contribution in [0.1, 0.15) is 38.8 Å². The molecule has 1 N–H and O–H groups in total. The molecule has 6 nitrogen and oxygen atoms in total. The molecule has 2 aliphatic rings. The van der Waals surface area contributed by atoms with Crippen molar-refractivity contribution in [2.45, 2.75) is 75.6 Å². The van der Waals surface area contributed by atoms with Crippen LogP contribution in [0.15, 0.2) is 24.3 Å². The molecule has 0 amide bonds. The summed E-state index contributed by atoms with van der Waals surface area (Å²) in [6.45, 7) is 8.40. The van der Waals surface area contributed by atoms with Gasteiger partial charge in [-0.25, -0.2) is 0 Å². The van der Waals surface area contributed by atoms with Gasteiger partial charge < -0.3 is 28.8 Å². The van der Waals surface area contributed by atoms with Crippen LogP contribution in [-0.4, -0.2) is 54.3 Å². The molecule has 2 fully saturated rings. The third kappa shape index (κ3) is 5.29. The largest absolute Gasteiger partial charge is 0.387 e. The van der Waals surface area contributed by atoms with Crippen molar-refractivity contribution in [3.63, 3.8) is 0 Å². The van der Waals surface area contributed by atoms with E-state index in [0.717, 1.165) is 16.5 Å². The standard InChI is InChI=1S/C20H29BrO6/c1-19(2)24-11-15(26-19)17(22)18(16-12-25-20(3,4)27-16)23-10-14-8-6-5-7-13(14)9-21/h5-8,15-18,22H,9-12H2,1-4H3/t15-,16-,17-,18+/m1/s1. The minimum atomic E-state index is -0.898. The van der Waals surface area contributed by atoms with E-state index in [1.807, 2.05) is 52.0 Å². The van der Waals surface area contributed by atoms with Crippen LogP contribution >= 0.6 is 15.9 Å². The molecule has 0 unspecified atom stereocenters. The first-order chi connectivity index (χ1) is 12.7. The molecule has 4 atom stereocenters. The number of aliphatic hydroxyl groups excluding tert-OH is 1. The monoisotopic (exact) mass is 444 g/mol. The van der Waals surface area contributed by atoms with Gasteiger partial charge in [-0.15, -0.1) is 0 Å². The highest BCUT2D eigenvalue weighted by atomic mass is 79.9. The van der Waals surface area contributed by atoms with Crippen LogP contribution in [0, 0.1) is 0 Å². The first kappa shape index (κ1) is 21.2. The fourth-order valence-corrected chi connectivity index (χ4v) is 3.96. The van der Waals surface area contributed by atoms with E-state index in [4.69, 9.17) is 23.7 Å². The second kappa shape index (κ2) is 8.45. The maximum absolute atomic E-state index is 11.0. The molecule has 0 bridgehead atoms. The van der Waals surface area contributed by atoms with Crippen molar-refractivity contribution in [2.24, 2.45) is 0 Å². The molecule has 3 rings (SSSR count). The van der Waals surface area contributed by atoms with Crippen LogP contribution in [0.3, 0.4) is 0 Å². The average Bonchev–Trinajstić information content (AvgIpc) is 3.16. The zero-order chi connectivity index (χ0) is 19.7. The number of aliphatic hydroxyl groups is 1. The quantitative estimate of drug-likeness (QED) is 0.651. The van der Waals surface area contributed by atoms with Crippen LogP contribution in [0.5, 0.6) is 0 Å². The van der Waals surface area contributed by atoms with E-state index in [0.29, 0.717) is 19.8 Å². The van der Waals surface area contributed by atoms with E-state index in [1.165, 1.54) is 0 Å². The zero-order valence-corrected chi connectivity index (χ0v) is 17.9. The Labute approximate surface area is 169 Å². The van der Waals surface area contributed by atoms with Crippen molar-refractivity contribution in [2.75, 3.05) is 13.2 Å². The minimum absolute atomic E-state index is 0.309. The third-order valence-electron chi connectivity index (χ3n) is 4.84. The number of halogens is 1. The van der Waals surface area contributed by atoms with E-state index in [2.05, 4.69) is 15.9 Å². The number of ether oxygens (including phenoxy) is 5. The molecule has 7 heteroatoms. The van der Waals surface area contributed by atoms with Gasteiger partial charge in [0.05, 0.1) is 19.8 Å². The molecule has 2 saturated heterocycles. The zero-order valence-electron chi connectivity index (χ0n) is 16.3. The molecule has 0 spiro atoms. The number of hydrogen-bond acceptors (Lipinski definition) is 6. The summed E-state index contributed by atoms with van der Waals surface area (Å²) in [5.41, 5.74) is 2.21.